The van der Waals surface area contributed by atoms with Gasteiger partial charge in [0.1, 0.15) is 31.3 Å². The molecule has 0 spiro atoms. The second kappa shape index (κ2) is 19.2. The van der Waals surface area contributed by atoms with Gasteiger partial charge in [0, 0.05) is 19.5 Å². The van der Waals surface area contributed by atoms with Crippen LogP contribution in [0.3, 0.4) is 0 Å². The summed E-state index contributed by atoms with van der Waals surface area (Å²) in [7, 11) is 1.50. The maximum absolute atomic E-state index is 13.8. The Balaban J connectivity index is 1.57. The minimum atomic E-state index is -1.12. The highest BCUT2D eigenvalue weighted by molar-refractivity contribution is 5.95. The van der Waals surface area contributed by atoms with Gasteiger partial charge in [0.15, 0.2) is 18.1 Å². The van der Waals surface area contributed by atoms with Gasteiger partial charge in [-0.1, -0.05) is 50.2 Å². The van der Waals surface area contributed by atoms with Gasteiger partial charge < -0.3 is 40.8 Å². The first-order chi connectivity index (χ1) is 24.5. The molecule has 0 aliphatic carbocycles. The number of hydrogen-bond donors (Lipinski definition) is 5. The third-order valence-electron chi connectivity index (χ3n) is 8.51. The Morgan fingerprint density at radius 2 is 1.71 bits per heavy atom. The molecule has 15 nitrogen and oxygen atoms in total. The van der Waals surface area contributed by atoms with Gasteiger partial charge in [0.2, 0.25) is 23.6 Å². The molecule has 15 heteroatoms. The number of carbonyl (C=O) groups is 6. The SMILES string of the molecule is COc1ccc2cc1OCC(=O)NCCC[C@H](NC(=O)CN1CCOC1=O)C(=O)N[C@@H](Cc1ccccc1)C(=O)N[C@H](C(C)C)C(=O)NCCC2. The summed E-state index contributed by atoms with van der Waals surface area (Å²) in [5.74, 6) is -1.97. The molecule has 5 N–H and O–H groups in total. The van der Waals surface area contributed by atoms with Crippen LogP contribution < -0.4 is 36.1 Å². The molecule has 0 aromatic heterocycles. The molecule has 2 aliphatic heterocycles. The molecule has 2 aromatic carbocycles. The van der Waals surface area contributed by atoms with Crippen molar-refractivity contribution in [2.75, 3.05) is 46.5 Å². The van der Waals surface area contributed by atoms with E-state index in [1.165, 1.54) is 12.0 Å². The van der Waals surface area contributed by atoms with Gasteiger partial charge in [-0.15, -0.1) is 0 Å². The minimum Gasteiger partial charge on any atom is -0.493 e. The summed E-state index contributed by atoms with van der Waals surface area (Å²) in [6, 6.07) is 11.4. The van der Waals surface area contributed by atoms with E-state index in [9.17, 15) is 28.8 Å². The van der Waals surface area contributed by atoms with Crippen LogP contribution in [0.15, 0.2) is 48.5 Å². The van der Waals surface area contributed by atoms with Gasteiger partial charge in [-0.2, -0.15) is 0 Å². The Kier molecular flexibility index (Phi) is 14.4. The Morgan fingerprint density at radius 3 is 2.41 bits per heavy atom. The molecule has 0 saturated carbocycles. The summed E-state index contributed by atoms with van der Waals surface area (Å²) in [6.45, 7) is 3.92. The van der Waals surface area contributed by atoms with Crippen LogP contribution in [0.1, 0.15) is 44.2 Å². The Bertz CT molecular complexity index is 1540. The Labute approximate surface area is 297 Å². The quantitative estimate of drug-likeness (QED) is 0.277. The highest BCUT2D eigenvalue weighted by atomic mass is 16.6. The predicted octanol–water partition coefficient (Wildman–Crippen LogP) is 0.838. The molecular weight excluding hydrogens is 660 g/mol. The molecule has 0 unspecified atom stereocenters. The monoisotopic (exact) mass is 708 g/mol. The lowest BCUT2D eigenvalue weighted by molar-refractivity contribution is -0.134. The first kappa shape index (κ1) is 38.5. The van der Waals surface area contributed by atoms with Gasteiger partial charge in [0.05, 0.1) is 13.7 Å². The number of cyclic esters (lactones) is 1. The Morgan fingerprint density at radius 1 is 0.941 bits per heavy atom. The van der Waals surface area contributed by atoms with Crippen molar-refractivity contribution in [2.24, 2.45) is 5.92 Å². The van der Waals surface area contributed by atoms with Crippen LogP contribution in [0.4, 0.5) is 4.79 Å². The highest BCUT2D eigenvalue weighted by Gasteiger charge is 2.32. The first-order valence-corrected chi connectivity index (χ1v) is 17.2. The summed E-state index contributed by atoms with van der Waals surface area (Å²) < 4.78 is 16.1. The number of methoxy groups -OCH3 is 1. The fourth-order valence-electron chi connectivity index (χ4n) is 5.70. The maximum Gasteiger partial charge on any atom is 0.410 e. The zero-order valence-corrected chi connectivity index (χ0v) is 29.3. The maximum atomic E-state index is 13.8. The zero-order chi connectivity index (χ0) is 36.8. The molecular formula is C36H48N6O9. The number of amides is 6. The zero-order valence-electron chi connectivity index (χ0n) is 29.3. The van der Waals surface area contributed by atoms with Gasteiger partial charge in [0.25, 0.3) is 5.91 Å². The summed E-state index contributed by atoms with van der Waals surface area (Å²) in [6.07, 6.45) is 1.06. The summed E-state index contributed by atoms with van der Waals surface area (Å²) >= 11 is 0. The molecule has 2 aliphatic rings. The average molecular weight is 709 g/mol. The number of carbonyl (C=O) groups excluding carboxylic acids is 6. The van der Waals surface area contributed by atoms with Crippen LogP contribution in [-0.4, -0.2) is 105 Å². The number of hydrogen-bond acceptors (Lipinski definition) is 9. The van der Waals surface area contributed by atoms with E-state index in [1.807, 2.05) is 50.2 Å². The van der Waals surface area contributed by atoms with Crippen molar-refractivity contribution in [3.63, 3.8) is 0 Å². The van der Waals surface area contributed by atoms with E-state index in [4.69, 9.17) is 14.2 Å². The van der Waals surface area contributed by atoms with Crippen LogP contribution in [0.25, 0.3) is 0 Å². The molecule has 4 rings (SSSR count). The predicted molar refractivity (Wildman–Crippen MR) is 186 cm³/mol. The van der Waals surface area contributed by atoms with E-state index in [0.29, 0.717) is 30.9 Å². The molecule has 2 heterocycles. The van der Waals surface area contributed by atoms with E-state index in [1.54, 1.807) is 12.1 Å². The van der Waals surface area contributed by atoms with Crippen molar-refractivity contribution in [2.45, 2.75) is 64.1 Å². The summed E-state index contributed by atoms with van der Waals surface area (Å²) in [5, 5.41) is 14.0. The van der Waals surface area contributed by atoms with E-state index < -0.39 is 47.8 Å². The number of benzene rings is 2. The lowest BCUT2D eigenvalue weighted by atomic mass is 10.00. The topological polar surface area (TPSA) is 193 Å². The first-order valence-electron chi connectivity index (χ1n) is 17.2. The van der Waals surface area contributed by atoms with Crippen molar-refractivity contribution in [3.05, 3.63) is 59.7 Å². The van der Waals surface area contributed by atoms with Crippen LogP contribution in [-0.2, 0) is 41.6 Å². The largest absolute Gasteiger partial charge is 0.493 e. The number of rotatable bonds is 7. The van der Waals surface area contributed by atoms with E-state index in [0.717, 1.165) is 11.1 Å². The van der Waals surface area contributed by atoms with Crippen molar-refractivity contribution >= 4 is 35.6 Å². The summed E-state index contributed by atoms with van der Waals surface area (Å²) in [4.78, 5) is 79.8. The second-order valence-electron chi connectivity index (χ2n) is 12.8. The Hall–Kier alpha value is -5.34. The van der Waals surface area contributed by atoms with Crippen molar-refractivity contribution in [3.8, 4) is 11.5 Å². The molecule has 6 amide bonds. The lowest BCUT2D eigenvalue weighted by Gasteiger charge is -2.27. The number of nitrogens with zero attached hydrogens (tertiary/aromatic N) is 1. The van der Waals surface area contributed by atoms with Crippen molar-refractivity contribution < 1.29 is 43.0 Å². The molecule has 2 aromatic rings. The second-order valence-corrected chi connectivity index (χ2v) is 12.8. The number of aryl methyl sites for hydroxylation is 1. The lowest BCUT2D eigenvalue weighted by Crippen LogP contribution is -2.58. The van der Waals surface area contributed by atoms with Gasteiger partial charge in [-0.05, 0) is 54.9 Å². The van der Waals surface area contributed by atoms with Crippen molar-refractivity contribution in [1.82, 2.24) is 31.5 Å². The van der Waals surface area contributed by atoms with E-state index in [-0.39, 0.29) is 63.9 Å². The van der Waals surface area contributed by atoms with E-state index >= 15 is 0 Å². The van der Waals surface area contributed by atoms with Crippen LogP contribution in [0, 0.1) is 5.92 Å². The fourth-order valence-corrected chi connectivity index (χ4v) is 5.70. The molecule has 2 bridgehead atoms. The number of nitrogens with one attached hydrogen (secondary N) is 5. The molecule has 51 heavy (non-hydrogen) atoms. The number of fused-ring (bicyclic) bond motifs is 2. The van der Waals surface area contributed by atoms with Crippen LogP contribution in [0.5, 0.6) is 11.5 Å². The van der Waals surface area contributed by atoms with Crippen molar-refractivity contribution in [1.29, 1.82) is 0 Å². The van der Waals surface area contributed by atoms with Gasteiger partial charge in [-0.3, -0.25) is 28.9 Å². The third kappa shape index (κ3) is 11.9. The minimum absolute atomic E-state index is 0.0930. The third-order valence-corrected chi connectivity index (χ3v) is 8.51. The van der Waals surface area contributed by atoms with E-state index in [2.05, 4.69) is 26.6 Å². The standard InChI is InChI=1S/C36H48N6O9/c1-23(2)32-35(47)38-16-7-11-25-13-14-28(49-3)29(20-25)51-22-31(44)37-15-8-12-26(39-30(43)21-42-17-18-50-36(42)48)33(45)40-27(34(46)41-32)19-24-9-5-4-6-10-24/h4-6,9-10,13-14,20,23,26-27,32H,7-8,11-12,15-19,21-22H2,1-3H3,(H,37,44)(H,38,47)(H,39,43)(H,40,45)(H,41,46)/t26-,27-,32+/m0/s1. The molecule has 3 atom stereocenters. The van der Waals surface area contributed by atoms with Crippen LogP contribution >= 0.6 is 0 Å². The highest BCUT2D eigenvalue weighted by Crippen LogP contribution is 2.28. The molecule has 0 radical (unpaired) electrons. The fraction of sp³-hybridized carbons (Fsp3) is 0.500. The molecule has 1 saturated heterocycles. The van der Waals surface area contributed by atoms with Crippen LogP contribution in [0.2, 0.25) is 0 Å². The van der Waals surface area contributed by atoms with Gasteiger partial charge in [-0.25, -0.2) is 4.79 Å². The molecule has 1 fully saturated rings. The molecule has 276 valence electrons. The number of ether oxygens (including phenoxy) is 3. The summed E-state index contributed by atoms with van der Waals surface area (Å²) in [5.41, 5.74) is 1.69. The average Bonchev–Trinajstić information content (AvgIpc) is 3.52. The van der Waals surface area contributed by atoms with Gasteiger partial charge >= 0.3 is 6.09 Å². The normalized spacial score (nSPS) is 21.5. The smallest absolute Gasteiger partial charge is 0.410 e.